The molecule has 2 N–H and O–H groups in total. The molecule has 3 atom stereocenters. The number of hydrogen-bond donors (Lipinski definition) is 1. The van der Waals surface area contributed by atoms with Crippen LogP contribution < -0.4 is 5.73 Å². The fourth-order valence-corrected chi connectivity index (χ4v) is 7.79. The van der Waals surface area contributed by atoms with Crippen LogP contribution in [0.4, 0.5) is 8.78 Å². The zero-order chi connectivity index (χ0) is 22.5. The van der Waals surface area contributed by atoms with Crippen molar-refractivity contribution in [3.8, 4) is 0 Å². The zero-order valence-corrected chi connectivity index (χ0v) is 19.0. The molecular formula is C23H31F2N3O3S. The molecule has 0 amide bonds. The minimum Gasteiger partial charge on any atom is -0.370 e. The summed E-state index contributed by atoms with van der Waals surface area (Å²) in [5.41, 5.74) is 8.96. The third-order valence-corrected chi connectivity index (χ3v) is 9.89. The number of halogens is 2. The summed E-state index contributed by atoms with van der Waals surface area (Å²) in [7, 11) is -3.23. The molecule has 1 saturated heterocycles. The third kappa shape index (κ3) is 4.14. The van der Waals surface area contributed by atoms with E-state index in [1.54, 1.807) is 4.31 Å². The summed E-state index contributed by atoms with van der Waals surface area (Å²) in [6.07, 6.45) is 4.36. The number of benzene rings is 1. The predicted molar refractivity (Wildman–Crippen MR) is 117 cm³/mol. The summed E-state index contributed by atoms with van der Waals surface area (Å²) >= 11 is 0. The Morgan fingerprint density at radius 3 is 2.56 bits per heavy atom. The van der Waals surface area contributed by atoms with E-state index in [9.17, 15) is 17.2 Å². The molecule has 4 aliphatic rings. The summed E-state index contributed by atoms with van der Waals surface area (Å²) in [6.45, 7) is 2.95. The van der Waals surface area contributed by atoms with Crippen molar-refractivity contribution >= 4 is 10.0 Å². The first-order valence-corrected chi connectivity index (χ1v) is 13.1. The SMILES string of the molecule is N[C@H]1C[C@@H](N2CCC3=C(C2)CN(S(=O)(=O)C2CCCC2)C3)CO[C@@H]1c1cc(F)ccc1F. The second kappa shape index (κ2) is 8.76. The molecule has 0 radical (unpaired) electrons. The van der Waals surface area contributed by atoms with Gasteiger partial charge < -0.3 is 10.5 Å². The van der Waals surface area contributed by atoms with E-state index in [1.807, 2.05) is 0 Å². The summed E-state index contributed by atoms with van der Waals surface area (Å²) in [5, 5.41) is -0.218. The summed E-state index contributed by atoms with van der Waals surface area (Å²) in [6, 6.07) is 3.00. The van der Waals surface area contributed by atoms with Crippen molar-refractivity contribution in [3.05, 3.63) is 46.5 Å². The molecule has 5 rings (SSSR count). The van der Waals surface area contributed by atoms with Crippen LogP contribution in [0.25, 0.3) is 0 Å². The normalized spacial score (nSPS) is 30.8. The average molecular weight is 468 g/mol. The highest BCUT2D eigenvalue weighted by Crippen LogP contribution is 2.36. The number of sulfonamides is 1. The molecule has 1 aliphatic carbocycles. The molecule has 0 spiro atoms. The molecule has 1 saturated carbocycles. The van der Waals surface area contributed by atoms with Gasteiger partial charge in [0.15, 0.2) is 0 Å². The minimum atomic E-state index is -3.23. The Morgan fingerprint density at radius 1 is 1.06 bits per heavy atom. The minimum absolute atomic E-state index is 0.0763. The number of hydrogen-bond acceptors (Lipinski definition) is 5. The van der Waals surface area contributed by atoms with Crippen molar-refractivity contribution in [1.29, 1.82) is 0 Å². The lowest BCUT2D eigenvalue weighted by Crippen LogP contribution is -2.51. The molecule has 0 bridgehead atoms. The summed E-state index contributed by atoms with van der Waals surface area (Å²) in [5.74, 6) is -1.01. The molecule has 1 aromatic rings. The van der Waals surface area contributed by atoms with Gasteiger partial charge in [-0.1, -0.05) is 18.4 Å². The van der Waals surface area contributed by atoms with Crippen molar-refractivity contribution in [2.24, 2.45) is 5.73 Å². The molecule has 3 aliphatic heterocycles. The second-order valence-corrected chi connectivity index (χ2v) is 11.8. The van der Waals surface area contributed by atoms with Crippen LogP contribution in [-0.2, 0) is 14.8 Å². The fourth-order valence-electron chi connectivity index (χ4n) is 5.77. The van der Waals surface area contributed by atoms with Crippen LogP contribution in [0.3, 0.4) is 0 Å². The highest BCUT2D eigenvalue weighted by Gasteiger charge is 2.41. The Hall–Kier alpha value is -1.39. The van der Waals surface area contributed by atoms with Gasteiger partial charge in [0.05, 0.1) is 11.9 Å². The van der Waals surface area contributed by atoms with E-state index < -0.39 is 33.8 Å². The first-order chi connectivity index (χ1) is 15.3. The van der Waals surface area contributed by atoms with Crippen molar-refractivity contribution < 1.29 is 21.9 Å². The highest BCUT2D eigenvalue weighted by atomic mass is 32.2. The largest absolute Gasteiger partial charge is 0.370 e. The lowest BCUT2D eigenvalue weighted by atomic mass is 9.92. The highest BCUT2D eigenvalue weighted by molar-refractivity contribution is 7.89. The van der Waals surface area contributed by atoms with Gasteiger partial charge in [-0.15, -0.1) is 0 Å². The zero-order valence-electron chi connectivity index (χ0n) is 18.2. The second-order valence-electron chi connectivity index (χ2n) is 9.62. The molecule has 1 aromatic carbocycles. The molecule has 0 unspecified atom stereocenters. The Kier molecular flexibility index (Phi) is 6.13. The van der Waals surface area contributed by atoms with Gasteiger partial charge in [-0.05, 0) is 49.5 Å². The first-order valence-electron chi connectivity index (χ1n) is 11.6. The van der Waals surface area contributed by atoms with Crippen LogP contribution >= 0.6 is 0 Å². The van der Waals surface area contributed by atoms with Crippen LogP contribution in [0.5, 0.6) is 0 Å². The van der Waals surface area contributed by atoms with Gasteiger partial charge in [0.2, 0.25) is 10.0 Å². The van der Waals surface area contributed by atoms with E-state index in [2.05, 4.69) is 4.90 Å². The number of nitrogens with two attached hydrogens (primary N) is 1. The van der Waals surface area contributed by atoms with Crippen LogP contribution in [0.1, 0.15) is 50.2 Å². The van der Waals surface area contributed by atoms with Gasteiger partial charge in [-0.25, -0.2) is 17.2 Å². The molecule has 0 aromatic heterocycles. The Balaban J connectivity index is 1.22. The standard InChI is InChI=1S/C23H31F2N3O3S/c24-17-5-6-21(25)20(9-17)23-22(26)10-18(14-31-23)27-8-7-15-12-28(13-16(15)11-27)32(29,30)19-3-1-2-4-19/h5-6,9,18-19,22-23H,1-4,7-8,10-14,26H2/t18-,22+,23-/m1/s1. The Labute approximate surface area is 188 Å². The van der Waals surface area contributed by atoms with Gasteiger partial charge in [-0.2, -0.15) is 4.31 Å². The lowest BCUT2D eigenvalue weighted by Gasteiger charge is -2.42. The topological polar surface area (TPSA) is 75.9 Å². The Bertz CT molecular complexity index is 1010. The number of nitrogens with zero attached hydrogens (tertiary/aromatic N) is 2. The Morgan fingerprint density at radius 2 is 1.81 bits per heavy atom. The van der Waals surface area contributed by atoms with E-state index in [1.165, 1.54) is 11.1 Å². The quantitative estimate of drug-likeness (QED) is 0.690. The van der Waals surface area contributed by atoms with Crippen LogP contribution in [0.2, 0.25) is 0 Å². The van der Waals surface area contributed by atoms with Crippen molar-refractivity contribution in [2.45, 2.75) is 62.0 Å². The predicted octanol–water partition coefficient (Wildman–Crippen LogP) is 2.71. The average Bonchev–Trinajstić information content (AvgIpc) is 3.46. The van der Waals surface area contributed by atoms with Crippen molar-refractivity contribution in [1.82, 2.24) is 9.21 Å². The van der Waals surface area contributed by atoms with Crippen molar-refractivity contribution in [3.63, 3.8) is 0 Å². The number of rotatable bonds is 4. The molecule has 3 heterocycles. The smallest absolute Gasteiger partial charge is 0.217 e. The van der Waals surface area contributed by atoms with Gasteiger partial charge in [0.1, 0.15) is 17.7 Å². The molecule has 32 heavy (non-hydrogen) atoms. The van der Waals surface area contributed by atoms with Crippen LogP contribution in [-0.4, -0.2) is 67.7 Å². The van der Waals surface area contributed by atoms with E-state index in [-0.39, 0.29) is 16.9 Å². The van der Waals surface area contributed by atoms with Gasteiger partial charge in [-0.3, -0.25) is 4.90 Å². The fraction of sp³-hybridized carbons (Fsp3) is 0.652. The van der Waals surface area contributed by atoms with E-state index >= 15 is 0 Å². The summed E-state index contributed by atoms with van der Waals surface area (Å²) < 4.78 is 61.5. The molecule has 9 heteroatoms. The monoisotopic (exact) mass is 467 g/mol. The molecular weight excluding hydrogens is 436 g/mol. The maximum Gasteiger partial charge on any atom is 0.217 e. The third-order valence-electron chi connectivity index (χ3n) is 7.59. The van der Waals surface area contributed by atoms with Crippen molar-refractivity contribution in [2.75, 3.05) is 32.8 Å². The first kappa shape index (κ1) is 22.4. The molecule has 176 valence electrons. The van der Waals surface area contributed by atoms with E-state index in [4.69, 9.17) is 10.5 Å². The van der Waals surface area contributed by atoms with E-state index in [0.29, 0.717) is 32.7 Å². The maximum atomic E-state index is 14.2. The molecule has 6 nitrogen and oxygen atoms in total. The van der Waals surface area contributed by atoms with Gasteiger partial charge >= 0.3 is 0 Å². The number of ether oxygens (including phenoxy) is 1. The lowest BCUT2D eigenvalue weighted by molar-refractivity contribution is -0.0506. The maximum absolute atomic E-state index is 14.2. The van der Waals surface area contributed by atoms with Gasteiger partial charge in [0, 0.05) is 43.8 Å². The summed E-state index contributed by atoms with van der Waals surface area (Å²) in [4.78, 5) is 2.31. The molecule has 2 fully saturated rings. The van der Waals surface area contributed by atoms with Crippen LogP contribution in [0.15, 0.2) is 29.3 Å². The van der Waals surface area contributed by atoms with Crippen LogP contribution in [0, 0.1) is 11.6 Å². The van der Waals surface area contributed by atoms with E-state index in [0.717, 1.165) is 56.8 Å². The van der Waals surface area contributed by atoms with Gasteiger partial charge in [0.25, 0.3) is 0 Å².